The molecule has 1 aliphatic heterocycles. The van der Waals surface area contributed by atoms with Gasteiger partial charge in [0.05, 0.1) is 5.56 Å². The Morgan fingerprint density at radius 2 is 2.00 bits per heavy atom. The van der Waals surface area contributed by atoms with Gasteiger partial charge < -0.3 is 14.9 Å². The molecule has 5 heteroatoms. The molecule has 1 unspecified atom stereocenters. The monoisotopic (exact) mass is 290 g/mol. The number of hydrogen-bond donors (Lipinski definition) is 1. The predicted octanol–water partition coefficient (Wildman–Crippen LogP) is 2.80. The van der Waals surface area contributed by atoms with E-state index in [1.807, 2.05) is 7.05 Å². The number of nitrogens with zero attached hydrogens (tertiary/aromatic N) is 2. The summed E-state index contributed by atoms with van der Waals surface area (Å²) in [4.78, 5) is 26.9. The van der Waals surface area contributed by atoms with Gasteiger partial charge in [0.2, 0.25) is 0 Å². The molecule has 1 aromatic carbocycles. The summed E-state index contributed by atoms with van der Waals surface area (Å²) >= 11 is 0. The summed E-state index contributed by atoms with van der Waals surface area (Å²) in [5, 5.41) is 9.02. The lowest BCUT2D eigenvalue weighted by Gasteiger charge is -2.26. The van der Waals surface area contributed by atoms with Crippen molar-refractivity contribution in [2.45, 2.75) is 33.4 Å². The SMILES string of the molecule is CCC(C)CN(C)C(=O)N1Cc2ccc(C(=O)O)cc2C1. The van der Waals surface area contributed by atoms with E-state index < -0.39 is 5.97 Å². The zero-order valence-electron chi connectivity index (χ0n) is 12.8. The topological polar surface area (TPSA) is 60.9 Å². The van der Waals surface area contributed by atoms with Crippen LogP contribution in [0.4, 0.5) is 4.79 Å². The molecule has 0 aliphatic carbocycles. The quantitative estimate of drug-likeness (QED) is 0.927. The van der Waals surface area contributed by atoms with Crippen LogP contribution in [0.5, 0.6) is 0 Å². The van der Waals surface area contributed by atoms with E-state index in [0.717, 1.165) is 24.1 Å². The van der Waals surface area contributed by atoms with Crippen molar-refractivity contribution < 1.29 is 14.7 Å². The van der Waals surface area contributed by atoms with Crippen LogP contribution < -0.4 is 0 Å². The maximum absolute atomic E-state index is 12.4. The van der Waals surface area contributed by atoms with Crippen molar-refractivity contribution in [3.63, 3.8) is 0 Å². The number of carboxylic acids is 1. The molecule has 1 heterocycles. The van der Waals surface area contributed by atoms with Crippen LogP contribution in [-0.4, -0.2) is 40.5 Å². The van der Waals surface area contributed by atoms with Crippen molar-refractivity contribution in [3.8, 4) is 0 Å². The van der Waals surface area contributed by atoms with E-state index >= 15 is 0 Å². The van der Waals surface area contributed by atoms with Gasteiger partial charge in [0.1, 0.15) is 0 Å². The fraction of sp³-hybridized carbons (Fsp3) is 0.500. The number of urea groups is 1. The van der Waals surface area contributed by atoms with Gasteiger partial charge in [0, 0.05) is 26.7 Å². The van der Waals surface area contributed by atoms with Crippen LogP contribution in [0.15, 0.2) is 18.2 Å². The summed E-state index contributed by atoms with van der Waals surface area (Å²) in [6.07, 6.45) is 1.04. The fourth-order valence-corrected chi connectivity index (χ4v) is 2.58. The van der Waals surface area contributed by atoms with Gasteiger partial charge in [-0.1, -0.05) is 26.3 Å². The summed E-state index contributed by atoms with van der Waals surface area (Å²) in [5.74, 6) is -0.459. The summed E-state index contributed by atoms with van der Waals surface area (Å²) in [6.45, 7) is 6.02. The van der Waals surface area contributed by atoms with Crippen molar-refractivity contribution in [2.75, 3.05) is 13.6 Å². The van der Waals surface area contributed by atoms with Gasteiger partial charge in [-0.05, 0) is 29.2 Å². The van der Waals surface area contributed by atoms with Crippen LogP contribution in [0.2, 0.25) is 0 Å². The summed E-state index contributed by atoms with van der Waals surface area (Å²) in [7, 11) is 1.82. The number of rotatable bonds is 4. The maximum atomic E-state index is 12.4. The van der Waals surface area contributed by atoms with E-state index in [-0.39, 0.29) is 11.6 Å². The lowest BCUT2D eigenvalue weighted by Crippen LogP contribution is -2.40. The standard InChI is InChI=1S/C16H22N2O3/c1-4-11(2)8-17(3)16(21)18-9-13-6-5-12(15(19)20)7-14(13)10-18/h5-7,11H,4,8-10H2,1-3H3,(H,19,20). The lowest BCUT2D eigenvalue weighted by molar-refractivity contribution is 0.0696. The van der Waals surface area contributed by atoms with E-state index in [1.54, 1.807) is 28.0 Å². The minimum Gasteiger partial charge on any atom is -0.478 e. The maximum Gasteiger partial charge on any atom is 0.335 e. The van der Waals surface area contributed by atoms with Gasteiger partial charge in [-0.15, -0.1) is 0 Å². The number of carbonyl (C=O) groups excluding carboxylic acids is 1. The number of hydrogen-bond acceptors (Lipinski definition) is 2. The summed E-state index contributed by atoms with van der Waals surface area (Å²) in [5.41, 5.74) is 2.24. The number of carboxylic acid groups (broad SMARTS) is 1. The minimum atomic E-state index is -0.934. The Labute approximate surface area is 125 Å². The highest BCUT2D eigenvalue weighted by atomic mass is 16.4. The minimum absolute atomic E-state index is 0.00313. The van der Waals surface area contributed by atoms with Gasteiger partial charge in [0.25, 0.3) is 0 Å². The average Bonchev–Trinajstić information content (AvgIpc) is 2.88. The van der Waals surface area contributed by atoms with Crippen molar-refractivity contribution in [1.82, 2.24) is 9.80 Å². The molecule has 1 atom stereocenters. The van der Waals surface area contributed by atoms with Gasteiger partial charge in [-0.2, -0.15) is 0 Å². The van der Waals surface area contributed by atoms with Crippen molar-refractivity contribution in [3.05, 3.63) is 34.9 Å². The fourth-order valence-electron chi connectivity index (χ4n) is 2.58. The second kappa shape index (κ2) is 6.16. The first-order valence-corrected chi connectivity index (χ1v) is 7.27. The normalized spacial score (nSPS) is 14.7. The second-order valence-electron chi connectivity index (χ2n) is 5.82. The van der Waals surface area contributed by atoms with Crippen LogP contribution in [0, 0.1) is 5.92 Å². The Kier molecular flexibility index (Phi) is 4.50. The first-order chi connectivity index (χ1) is 9.92. The zero-order chi connectivity index (χ0) is 15.6. The van der Waals surface area contributed by atoms with E-state index in [4.69, 9.17) is 5.11 Å². The molecule has 0 bridgehead atoms. The molecule has 0 aromatic heterocycles. The van der Waals surface area contributed by atoms with E-state index in [9.17, 15) is 9.59 Å². The number of fused-ring (bicyclic) bond motifs is 1. The van der Waals surface area contributed by atoms with E-state index in [0.29, 0.717) is 19.0 Å². The Morgan fingerprint density at radius 1 is 1.33 bits per heavy atom. The molecule has 1 N–H and O–H groups in total. The van der Waals surface area contributed by atoms with Crippen LogP contribution >= 0.6 is 0 Å². The van der Waals surface area contributed by atoms with Crippen molar-refractivity contribution in [2.24, 2.45) is 5.92 Å². The van der Waals surface area contributed by atoms with E-state index in [1.165, 1.54) is 0 Å². The molecule has 0 saturated heterocycles. The number of carbonyl (C=O) groups is 2. The molecule has 5 nitrogen and oxygen atoms in total. The van der Waals surface area contributed by atoms with Crippen LogP contribution in [0.25, 0.3) is 0 Å². The molecule has 0 spiro atoms. The summed E-state index contributed by atoms with van der Waals surface area (Å²) in [6, 6.07) is 5.07. The van der Waals surface area contributed by atoms with Crippen molar-refractivity contribution in [1.29, 1.82) is 0 Å². The lowest BCUT2D eigenvalue weighted by atomic mass is 10.1. The molecule has 1 aliphatic rings. The van der Waals surface area contributed by atoms with Crippen LogP contribution in [0.3, 0.4) is 0 Å². The third-order valence-corrected chi connectivity index (χ3v) is 4.06. The number of aromatic carboxylic acids is 1. The average molecular weight is 290 g/mol. The second-order valence-corrected chi connectivity index (χ2v) is 5.82. The summed E-state index contributed by atoms with van der Waals surface area (Å²) < 4.78 is 0. The van der Waals surface area contributed by atoms with Crippen LogP contribution in [-0.2, 0) is 13.1 Å². The highest BCUT2D eigenvalue weighted by Gasteiger charge is 2.26. The molecule has 0 saturated carbocycles. The highest BCUT2D eigenvalue weighted by molar-refractivity contribution is 5.88. The molecule has 2 amide bonds. The third-order valence-electron chi connectivity index (χ3n) is 4.06. The first kappa shape index (κ1) is 15.4. The molecular formula is C16H22N2O3. The zero-order valence-corrected chi connectivity index (χ0v) is 12.8. The van der Waals surface area contributed by atoms with Gasteiger partial charge in [-0.25, -0.2) is 9.59 Å². The van der Waals surface area contributed by atoms with Crippen molar-refractivity contribution >= 4 is 12.0 Å². The molecular weight excluding hydrogens is 268 g/mol. The Morgan fingerprint density at radius 3 is 2.62 bits per heavy atom. The Bertz CT molecular complexity index is 556. The molecule has 0 radical (unpaired) electrons. The van der Waals surface area contributed by atoms with E-state index in [2.05, 4.69) is 13.8 Å². The largest absolute Gasteiger partial charge is 0.478 e. The molecule has 2 rings (SSSR count). The predicted molar refractivity (Wildman–Crippen MR) is 80.1 cm³/mol. The Balaban J connectivity index is 2.05. The molecule has 1 aromatic rings. The Hall–Kier alpha value is -2.04. The molecule has 0 fully saturated rings. The molecule has 21 heavy (non-hydrogen) atoms. The van der Waals surface area contributed by atoms with Crippen LogP contribution in [0.1, 0.15) is 41.8 Å². The first-order valence-electron chi connectivity index (χ1n) is 7.27. The highest BCUT2D eigenvalue weighted by Crippen LogP contribution is 2.25. The molecule has 114 valence electrons. The van der Waals surface area contributed by atoms with Gasteiger partial charge in [0.15, 0.2) is 0 Å². The smallest absolute Gasteiger partial charge is 0.335 e. The van der Waals surface area contributed by atoms with Gasteiger partial charge in [-0.3, -0.25) is 0 Å². The number of benzene rings is 1. The van der Waals surface area contributed by atoms with Gasteiger partial charge >= 0.3 is 12.0 Å². The number of amides is 2. The third kappa shape index (κ3) is 3.35.